The van der Waals surface area contributed by atoms with Crippen molar-refractivity contribution in [1.82, 2.24) is 0 Å². The lowest BCUT2D eigenvalue weighted by Crippen LogP contribution is -2.06. The molecule has 1 aromatic rings. The third kappa shape index (κ3) is 2.92. The van der Waals surface area contributed by atoms with Gasteiger partial charge in [0.05, 0.1) is 5.56 Å². The highest BCUT2D eigenvalue weighted by molar-refractivity contribution is 7.74. The van der Waals surface area contributed by atoms with Crippen LogP contribution in [0, 0.1) is 5.82 Å². The maximum atomic E-state index is 12.3. The summed E-state index contributed by atoms with van der Waals surface area (Å²) in [6.07, 6.45) is 0. The Bertz CT molecular complexity index is 335. The summed E-state index contributed by atoms with van der Waals surface area (Å²) in [5, 5.41) is 0. The third-order valence-corrected chi connectivity index (χ3v) is 1.51. The first-order valence-electron chi connectivity index (χ1n) is 3.17. The van der Waals surface area contributed by atoms with E-state index in [-0.39, 0.29) is 5.56 Å². The Morgan fingerprint density at radius 2 is 1.92 bits per heavy atom. The first kappa shape index (κ1) is 9.82. The highest BCUT2D eigenvalue weighted by atomic mass is 32.2. The van der Waals surface area contributed by atoms with Crippen LogP contribution in [-0.2, 0) is 15.5 Å². The van der Waals surface area contributed by atoms with Crippen molar-refractivity contribution < 1.29 is 22.1 Å². The molecule has 0 bridgehead atoms. The van der Waals surface area contributed by atoms with Gasteiger partial charge in [-0.15, -0.1) is 0 Å². The average molecular weight is 203 g/mol. The van der Waals surface area contributed by atoms with Crippen LogP contribution in [0.5, 0.6) is 0 Å². The first-order chi connectivity index (χ1) is 6.09. The van der Waals surface area contributed by atoms with Gasteiger partial charge in [-0.1, -0.05) is 0 Å². The Morgan fingerprint density at radius 3 is 2.38 bits per heavy atom. The maximum absolute atomic E-state index is 12.3. The van der Waals surface area contributed by atoms with Crippen molar-refractivity contribution in [2.24, 2.45) is 0 Å². The van der Waals surface area contributed by atoms with Gasteiger partial charge < -0.3 is 8.74 Å². The zero-order valence-corrected chi connectivity index (χ0v) is 7.05. The number of carbonyl (C=O) groups excluding carboxylic acids is 1. The summed E-state index contributed by atoms with van der Waals surface area (Å²) in [6.45, 7) is 0. The Balaban J connectivity index is 2.78. The molecule has 70 valence electrons. The van der Waals surface area contributed by atoms with E-state index in [0.29, 0.717) is 0 Å². The number of rotatable bonds is 2. The van der Waals surface area contributed by atoms with Crippen LogP contribution in [0.4, 0.5) is 4.39 Å². The van der Waals surface area contributed by atoms with Crippen LogP contribution in [0.15, 0.2) is 24.3 Å². The summed E-state index contributed by atoms with van der Waals surface area (Å²) in [7, 11) is 0. The number of benzene rings is 1. The molecule has 0 N–H and O–H groups in total. The Morgan fingerprint density at radius 1 is 1.38 bits per heavy atom. The fourth-order valence-corrected chi connectivity index (χ4v) is 0.916. The fourth-order valence-electron chi connectivity index (χ4n) is 0.696. The van der Waals surface area contributed by atoms with Crippen LogP contribution >= 0.6 is 0 Å². The first-order valence-corrected chi connectivity index (χ1v) is 4.17. The van der Waals surface area contributed by atoms with Crippen LogP contribution in [0.1, 0.15) is 10.4 Å². The van der Waals surface area contributed by atoms with Crippen molar-refractivity contribution in [2.45, 2.75) is 0 Å². The van der Waals surface area contributed by atoms with Crippen LogP contribution in [0.2, 0.25) is 0 Å². The van der Waals surface area contributed by atoms with E-state index in [4.69, 9.17) is 0 Å². The normalized spacial score (nSPS) is 12.2. The quantitative estimate of drug-likeness (QED) is 0.666. The van der Waals surface area contributed by atoms with Gasteiger partial charge in [0.2, 0.25) is 0 Å². The molecule has 0 fully saturated rings. The van der Waals surface area contributed by atoms with Gasteiger partial charge in [-0.25, -0.2) is 13.4 Å². The predicted octanol–water partition coefficient (Wildman–Crippen LogP) is 0.777. The van der Waals surface area contributed by atoms with Crippen molar-refractivity contribution in [2.75, 3.05) is 0 Å². The summed E-state index contributed by atoms with van der Waals surface area (Å²) >= 11 is -2.89. The summed E-state index contributed by atoms with van der Waals surface area (Å²) in [5.41, 5.74) is -0.0226. The molecule has 1 unspecified atom stereocenters. The van der Waals surface area contributed by atoms with Crippen LogP contribution in [0.25, 0.3) is 0 Å². The molecule has 0 saturated heterocycles. The van der Waals surface area contributed by atoms with Gasteiger partial charge in [0, 0.05) is 0 Å². The molecule has 0 heterocycles. The molecule has 0 aliphatic heterocycles. The molecule has 0 aromatic heterocycles. The van der Waals surface area contributed by atoms with Crippen molar-refractivity contribution in [3.05, 3.63) is 35.6 Å². The molecule has 4 nitrogen and oxygen atoms in total. The van der Waals surface area contributed by atoms with Crippen LogP contribution < -0.4 is 0 Å². The molecule has 1 rings (SSSR count). The second-order valence-electron chi connectivity index (χ2n) is 2.08. The van der Waals surface area contributed by atoms with E-state index < -0.39 is 23.1 Å². The zero-order valence-electron chi connectivity index (χ0n) is 6.23. The number of hydrogen-bond donors (Lipinski definition) is 0. The second-order valence-corrected chi connectivity index (χ2v) is 2.66. The highest BCUT2D eigenvalue weighted by Gasteiger charge is 2.06. The molecule has 0 amide bonds. The van der Waals surface area contributed by atoms with Gasteiger partial charge in [0.15, 0.2) is 0 Å². The molecule has 1 atom stereocenters. The largest absolute Gasteiger partial charge is 0.740 e. The highest BCUT2D eigenvalue weighted by Crippen LogP contribution is 2.04. The molecular formula is C7H4FO4S-. The SMILES string of the molecule is O=C(OS(=O)[O-])c1ccc(F)cc1. The third-order valence-electron chi connectivity index (χ3n) is 1.22. The van der Waals surface area contributed by atoms with Crippen LogP contribution in [-0.4, -0.2) is 14.7 Å². The van der Waals surface area contributed by atoms with Crippen molar-refractivity contribution >= 4 is 17.3 Å². The lowest BCUT2D eigenvalue weighted by atomic mass is 10.2. The predicted molar refractivity (Wildman–Crippen MR) is 40.7 cm³/mol. The van der Waals surface area contributed by atoms with Crippen molar-refractivity contribution in [3.8, 4) is 0 Å². The molecule has 0 saturated carbocycles. The summed E-state index contributed by atoms with van der Waals surface area (Å²) in [5.74, 6) is -1.55. The van der Waals surface area contributed by atoms with Gasteiger partial charge in [-0.3, -0.25) is 0 Å². The van der Waals surface area contributed by atoms with E-state index in [1.165, 1.54) is 0 Å². The number of carbonyl (C=O) groups is 1. The van der Waals surface area contributed by atoms with Gasteiger partial charge in [0.25, 0.3) is 0 Å². The fraction of sp³-hybridized carbons (Fsp3) is 0. The molecule has 0 radical (unpaired) electrons. The lowest BCUT2D eigenvalue weighted by Gasteiger charge is -2.04. The number of hydrogen-bond acceptors (Lipinski definition) is 4. The smallest absolute Gasteiger partial charge is 0.351 e. The minimum absolute atomic E-state index is 0.0226. The average Bonchev–Trinajstić information content (AvgIpc) is 2.04. The van der Waals surface area contributed by atoms with Gasteiger partial charge in [-0.2, -0.15) is 0 Å². The second kappa shape index (κ2) is 4.11. The molecule has 13 heavy (non-hydrogen) atoms. The number of halogens is 1. The Hall–Kier alpha value is -1.27. The van der Waals surface area contributed by atoms with E-state index in [2.05, 4.69) is 4.18 Å². The molecule has 0 spiro atoms. The van der Waals surface area contributed by atoms with Gasteiger partial charge in [-0.05, 0) is 24.3 Å². The Labute approximate surface area is 75.8 Å². The van der Waals surface area contributed by atoms with Gasteiger partial charge >= 0.3 is 5.97 Å². The van der Waals surface area contributed by atoms with Gasteiger partial charge in [0.1, 0.15) is 17.2 Å². The van der Waals surface area contributed by atoms with Crippen molar-refractivity contribution in [1.29, 1.82) is 0 Å². The molecular weight excluding hydrogens is 199 g/mol. The topological polar surface area (TPSA) is 66.4 Å². The van der Waals surface area contributed by atoms with E-state index >= 15 is 0 Å². The maximum Gasteiger partial charge on any atom is 0.351 e. The molecule has 0 aliphatic carbocycles. The van der Waals surface area contributed by atoms with Crippen molar-refractivity contribution in [3.63, 3.8) is 0 Å². The molecule has 0 aliphatic rings. The van der Waals surface area contributed by atoms with E-state index in [0.717, 1.165) is 24.3 Å². The summed E-state index contributed by atoms with van der Waals surface area (Å²) < 4.78 is 36.0. The van der Waals surface area contributed by atoms with Crippen LogP contribution in [0.3, 0.4) is 0 Å². The van der Waals surface area contributed by atoms with E-state index in [1.807, 2.05) is 0 Å². The molecule has 1 aromatic carbocycles. The summed E-state index contributed by atoms with van der Waals surface area (Å²) in [4.78, 5) is 10.8. The van der Waals surface area contributed by atoms with E-state index in [1.54, 1.807) is 0 Å². The Kier molecular flexibility index (Phi) is 3.10. The summed E-state index contributed by atoms with van der Waals surface area (Å²) in [6, 6.07) is 4.32. The zero-order chi connectivity index (χ0) is 9.84. The van der Waals surface area contributed by atoms with E-state index in [9.17, 15) is 17.9 Å². The minimum Gasteiger partial charge on any atom is -0.740 e. The minimum atomic E-state index is -2.89. The monoisotopic (exact) mass is 203 g/mol. The molecule has 6 heteroatoms. The standard InChI is InChI=1S/C7H5FO4S/c8-6-3-1-5(2-4-6)7(9)12-13(10)11/h1-4H,(H,10,11)/p-1. The lowest BCUT2D eigenvalue weighted by molar-refractivity contribution is 0.0742.